The summed E-state index contributed by atoms with van der Waals surface area (Å²) in [6.45, 7) is 4.72. The van der Waals surface area contributed by atoms with Crippen LogP contribution < -0.4 is 11.1 Å². The fourth-order valence-electron chi connectivity index (χ4n) is 2.10. The van der Waals surface area contributed by atoms with Crippen molar-refractivity contribution in [3.63, 3.8) is 0 Å². The minimum Gasteiger partial charge on any atom is -0.397 e. The summed E-state index contributed by atoms with van der Waals surface area (Å²) in [6, 6.07) is 7.06. The zero-order chi connectivity index (χ0) is 14.7. The molecule has 4 nitrogen and oxygen atoms in total. The lowest BCUT2D eigenvalue weighted by molar-refractivity contribution is 0.101. The molecular formula is C15H18ClN3O. The second-order valence-corrected chi connectivity index (χ2v) is 5.20. The third kappa shape index (κ3) is 3.14. The molecule has 1 heterocycles. The summed E-state index contributed by atoms with van der Waals surface area (Å²) >= 11 is 5.91. The van der Waals surface area contributed by atoms with Gasteiger partial charge in [0.15, 0.2) is 0 Å². The van der Waals surface area contributed by atoms with E-state index in [0.717, 1.165) is 24.2 Å². The maximum absolute atomic E-state index is 12.3. The molecule has 106 valence electrons. The highest BCUT2D eigenvalue weighted by Gasteiger charge is 2.13. The number of hydrogen-bond donors (Lipinski definition) is 2. The summed E-state index contributed by atoms with van der Waals surface area (Å²) in [6.07, 6.45) is 2.72. The number of aromatic nitrogens is 1. The third-order valence-corrected chi connectivity index (χ3v) is 3.29. The van der Waals surface area contributed by atoms with Crippen molar-refractivity contribution >= 4 is 28.9 Å². The number of aryl methyl sites for hydroxylation is 2. The first-order valence-electron chi connectivity index (χ1n) is 6.54. The molecule has 0 radical (unpaired) electrons. The van der Waals surface area contributed by atoms with E-state index < -0.39 is 0 Å². The maximum Gasteiger partial charge on any atom is 0.272 e. The van der Waals surface area contributed by atoms with E-state index >= 15 is 0 Å². The molecule has 2 aromatic rings. The first-order valence-corrected chi connectivity index (χ1v) is 6.92. The second-order valence-electron chi connectivity index (χ2n) is 4.77. The maximum atomic E-state index is 12.3. The predicted octanol–water partition coefficient (Wildman–Crippen LogP) is 3.69. The molecule has 0 aliphatic heterocycles. The Labute approximate surface area is 123 Å². The summed E-state index contributed by atoms with van der Waals surface area (Å²) in [4.78, 5) is 12.3. The van der Waals surface area contributed by atoms with Gasteiger partial charge in [-0.3, -0.25) is 4.79 Å². The van der Waals surface area contributed by atoms with Crippen molar-refractivity contribution in [2.75, 3.05) is 11.1 Å². The Morgan fingerprint density at radius 3 is 2.80 bits per heavy atom. The molecule has 0 aliphatic rings. The fraction of sp³-hybridized carbons (Fsp3) is 0.267. The van der Waals surface area contributed by atoms with Gasteiger partial charge in [-0.25, -0.2) is 0 Å². The Kier molecular flexibility index (Phi) is 4.35. The van der Waals surface area contributed by atoms with Crippen LogP contribution in [0.5, 0.6) is 0 Å². The van der Waals surface area contributed by atoms with Crippen molar-refractivity contribution < 1.29 is 4.79 Å². The summed E-state index contributed by atoms with van der Waals surface area (Å²) in [7, 11) is 0. The molecule has 0 saturated heterocycles. The van der Waals surface area contributed by atoms with Gasteiger partial charge in [0.1, 0.15) is 5.69 Å². The second kappa shape index (κ2) is 6.01. The lowest BCUT2D eigenvalue weighted by Gasteiger charge is -2.10. The molecule has 0 unspecified atom stereocenters. The van der Waals surface area contributed by atoms with E-state index in [-0.39, 0.29) is 5.91 Å². The van der Waals surface area contributed by atoms with Gasteiger partial charge in [0.2, 0.25) is 0 Å². The first-order chi connectivity index (χ1) is 9.51. The van der Waals surface area contributed by atoms with E-state index in [1.165, 1.54) is 0 Å². The lowest BCUT2D eigenvalue weighted by Crippen LogP contribution is -2.17. The van der Waals surface area contributed by atoms with Gasteiger partial charge < -0.3 is 15.6 Å². The minimum absolute atomic E-state index is 0.166. The highest BCUT2D eigenvalue weighted by atomic mass is 35.5. The van der Waals surface area contributed by atoms with Gasteiger partial charge in [-0.05, 0) is 43.2 Å². The van der Waals surface area contributed by atoms with E-state index in [0.29, 0.717) is 16.4 Å². The van der Waals surface area contributed by atoms with Gasteiger partial charge in [-0.15, -0.1) is 0 Å². The van der Waals surface area contributed by atoms with E-state index in [2.05, 4.69) is 12.2 Å². The van der Waals surface area contributed by atoms with Crippen molar-refractivity contribution in [2.45, 2.75) is 26.8 Å². The molecule has 5 heteroatoms. The average molecular weight is 292 g/mol. The lowest BCUT2D eigenvalue weighted by atomic mass is 10.2. The van der Waals surface area contributed by atoms with Crippen LogP contribution in [0.1, 0.15) is 29.4 Å². The Hall–Kier alpha value is -1.94. The monoisotopic (exact) mass is 291 g/mol. The number of nitrogen functional groups attached to an aromatic ring is 1. The van der Waals surface area contributed by atoms with Crippen LogP contribution in [0.2, 0.25) is 5.02 Å². The van der Waals surface area contributed by atoms with Gasteiger partial charge in [-0.1, -0.05) is 18.5 Å². The van der Waals surface area contributed by atoms with Crippen molar-refractivity contribution in [1.82, 2.24) is 4.57 Å². The Morgan fingerprint density at radius 2 is 2.15 bits per heavy atom. The number of amides is 1. The van der Waals surface area contributed by atoms with Crippen LogP contribution in [0.25, 0.3) is 0 Å². The molecular weight excluding hydrogens is 274 g/mol. The standard InChI is InChI=1S/C15H18ClN3O/c1-3-6-19-9-12(17)8-14(19)15(20)18-13-5-4-11(16)7-10(13)2/h4-5,7-9H,3,6,17H2,1-2H3,(H,18,20). The van der Waals surface area contributed by atoms with Gasteiger partial charge in [0, 0.05) is 23.5 Å². The molecule has 1 aromatic carbocycles. The fourth-order valence-corrected chi connectivity index (χ4v) is 2.33. The van der Waals surface area contributed by atoms with Gasteiger partial charge >= 0.3 is 0 Å². The molecule has 0 aliphatic carbocycles. The number of carbonyl (C=O) groups is 1. The molecule has 0 fully saturated rings. The summed E-state index contributed by atoms with van der Waals surface area (Å²) in [5.74, 6) is -0.166. The van der Waals surface area contributed by atoms with Gasteiger partial charge in [0.25, 0.3) is 5.91 Å². The molecule has 2 rings (SSSR count). The topological polar surface area (TPSA) is 60.0 Å². The van der Waals surface area contributed by atoms with E-state index in [4.69, 9.17) is 17.3 Å². The van der Waals surface area contributed by atoms with Crippen LogP contribution >= 0.6 is 11.6 Å². The van der Waals surface area contributed by atoms with E-state index in [1.54, 1.807) is 24.4 Å². The average Bonchev–Trinajstić information content (AvgIpc) is 2.74. The van der Waals surface area contributed by atoms with Crippen molar-refractivity contribution in [3.05, 3.63) is 46.7 Å². The van der Waals surface area contributed by atoms with Crippen molar-refractivity contribution in [2.24, 2.45) is 0 Å². The summed E-state index contributed by atoms with van der Waals surface area (Å²) < 4.78 is 1.87. The Balaban J connectivity index is 2.23. The third-order valence-electron chi connectivity index (χ3n) is 3.05. The summed E-state index contributed by atoms with van der Waals surface area (Å²) in [5.41, 5.74) is 8.61. The first kappa shape index (κ1) is 14.5. The number of halogens is 1. The number of rotatable bonds is 4. The molecule has 20 heavy (non-hydrogen) atoms. The number of benzene rings is 1. The van der Waals surface area contributed by atoms with Crippen molar-refractivity contribution in [1.29, 1.82) is 0 Å². The van der Waals surface area contributed by atoms with Crippen molar-refractivity contribution in [3.8, 4) is 0 Å². The highest BCUT2D eigenvalue weighted by molar-refractivity contribution is 6.30. The van der Waals surface area contributed by atoms with Gasteiger partial charge in [-0.2, -0.15) is 0 Å². The van der Waals surface area contributed by atoms with Crippen LogP contribution in [0.4, 0.5) is 11.4 Å². The number of nitrogens with one attached hydrogen (secondary N) is 1. The number of nitrogens with zero attached hydrogens (tertiary/aromatic N) is 1. The molecule has 1 aromatic heterocycles. The number of carbonyl (C=O) groups excluding carboxylic acids is 1. The number of anilines is 2. The Bertz CT molecular complexity index is 634. The van der Waals surface area contributed by atoms with Gasteiger partial charge in [0.05, 0.1) is 5.69 Å². The predicted molar refractivity (Wildman–Crippen MR) is 83.3 cm³/mol. The SMILES string of the molecule is CCCn1cc(N)cc1C(=O)Nc1ccc(Cl)cc1C. The van der Waals surface area contributed by atoms with Crippen LogP contribution in [0, 0.1) is 6.92 Å². The molecule has 0 spiro atoms. The quantitative estimate of drug-likeness (QED) is 0.902. The highest BCUT2D eigenvalue weighted by Crippen LogP contribution is 2.21. The molecule has 0 atom stereocenters. The molecule has 0 saturated carbocycles. The largest absolute Gasteiger partial charge is 0.397 e. The van der Waals surface area contributed by atoms with E-state index in [9.17, 15) is 4.79 Å². The van der Waals surface area contributed by atoms with Crippen LogP contribution in [-0.2, 0) is 6.54 Å². The normalized spacial score (nSPS) is 10.6. The Morgan fingerprint density at radius 1 is 1.40 bits per heavy atom. The number of hydrogen-bond acceptors (Lipinski definition) is 2. The van der Waals surface area contributed by atoms with Crippen LogP contribution in [-0.4, -0.2) is 10.5 Å². The number of nitrogens with two attached hydrogens (primary N) is 1. The van der Waals surface area contributed by atoms with E-state index in [1.807, 2.05) is 17.6 Å². The molecule has 3 N–H and O–H groups in total. The zero-order valence-corrected chi connectivity index (χ0v) is 12.4. The molecule has 0 bridgehead atoms. The smallest absolute Gasteiger partial charge is 0.272 e. The van der Waals surface area contributed by atoms with Crippen LogP contribution in [0.3, 0.4) is 0 Å². The van der Waals surface area contributed by atoms with Crippen LogP contribution in [0.15, 0.2) is 30.5 Å². The minimum atomic E-state index is -0.166. The summed E-state index contributed by atoms with van der Waals surface area (Å²) in [5, 5.41) is 3.54. The molecule has 1 amide bonds. The zero-order valence-electron chi connectivity index (χ0n) is 11.6.